The van der Waals surface area contributed by atoms with Gasteiger partial charge in [-0.2, -0.15) is 0 Å². The normalized spacial score (nSPS) is 13.1. The van der Waals surface area contributed by atoms with Crippen LogP contribution in [0, 0.1) is 5.92 Å². The second kappa shape index (κ2) is 4.28. The minimum Gasteiger partial charge on any atom is -0.394 e. The van der Waals surface area contributed by atoms with E-state index in [9.17, 15) is 9.90 Å². The minimum absolute atomic E-state index is 0.180. The number of aromatic nitrogens is 1. The van der Waals surface area contributed by atoms with E-state index in [1.165, 1.54) is 6.07 Å². The summed E-state index contributed by atoms with van der Waals surface area (Å²) in [5.41, 5.74) is 5.49. The van der Waals surface area contributed by atoms with Gasteiger partial charge in [-0.1, -0.05) is 13.8 Å². The molecule has 1 heterocycles. The Morgan fingerprint density at radius 1 is 1.57 bits per heavy atom. The van der Waals surface area contributed by atoms with Crippen molar-refractivity contribution in [3.05, 3.63) is 28.7 Å². The van der Waals surface area contributed by atoms with Crippen LogP contribution >= 0.6 is 0 Å². The van der Waals surface area contributed by atoms with Gasteiger partial charge in [-0.3, -0.25) is 4.79 Å². The minimum atomic E-state index is -0.420. The Morgan fingerprint density at radius 2 is 2.21 bits per heavy atom. The lowest BCUT2D eigenvalue weighted by Gasteiger charge is -2.16. The smallest absolute Gasteiger partial charge is 0.204 e. The third-order valence-corrected chi connectivity index (χ3v) is 2.17. The Labute approximate surface area is 83.0 Å². The summed E-state index contributed by atoms with van der Waals surface area (Å²) in [7, 11) is 0. The summed E-state index contributed by atoms with van der Waals surface area (Å²) in [6.45, 7) is 4.34. The fraction of sp³-hybridized carbons (Fsp3) is 0.500. The van der Waals surface area contributed by atoms with Gasteiger partial charge in [0.05, 0.1) is 11.8 Å². The predicted octanol–water partition coefficient (Wildman–Crippen LogP) is 0.447. The van der Waals surface area contributed by atoms with E-state index in [-0.39, 0.29) is 17.0 Å². The van der Waals surface area contributed by atoms with E-state index in [2.05, 4.69) is 0 Å². The van der Waals surface area contributed by atoms with Crippen molar-refractivity contribution in [3.8, 4) is 0 Å². The van der Waals surface area contributed by atoms with Gasteiger partial charge in [0.2, 0.25) is 5.43 Å². The molecule has 0 aliphatic rings. The molecule has 1 rings (SSSR count). The molecular formula is C10H16N2O2. The highest BCUT2D eigenvalue weighted by Crippen LogP contribution is 2.04. The number of anilines is 1. The predicted molar refractivity (Wildman–Crippen MR) is 56.0 cm³/mol. The first-order valence-electron chi connectivity index (χ1n) is 4.64. The molecule has 0 aromatic carbocycles. The second-order valence-electron chi connectivity index (χ2n) is 3.77. The van der Waals surface area contributed by atoms with E-state index >= 15 is 0 Å². The van der Waals surface area contributed by atoms with Gasteiger partial charge in [-0.05, 0) is 5.92 Å². The van der Waals surface area contributed by atoms with Crippen LogP contribution in [0.1, 0.15) is 13.8 Å². The lowest BCUT2D eigenvalue weighted by atomic mass is 10.1. The molecule has 14 heavy (non-hydrogen) atoms. The number of aliphatic hydroxyl groups is 1. The SMILES string of the molecule is CC(C)C(O)Cn1ccc(=O)c(N)c1. The number of hydrogen-bond acceptors (Lipinski definition) is 3. The molecule has 1 unspecified atom stereocenters. The maximum absolute atomic E-state index is 11.0. The van der Waals surface area contributed by atoms with Crippen molar-refractivity contribution in [3.63, 3.8) is 0 Å². The molecule has 3 N–H and O–H groups in total. The van der Waals surface area contributed by atoms with E-state index in [0.29, 0.717) is 6.54 Å². The van der Waals surface area contributed by atoms with E-state index in [1.54, 1.807) is 17.0 Å². The van der Waals surface area contributed by atoms with Gasteiger partial charge >= 0.3 is 0 Å². The average molecular weight is 196 g/mol. The van der Waals surface area contributed by atoms with Gasteiger partial charge in [-0.25, -0.2) is 0 Å². The molecule has 1 aromatic rings. The maximum Gasteiger partial charge on any atom is 0.204 e. The number of nitrogens with zero attached hydrogens (tertiary/aromatic N) is 1. The van der Waals surface area contributed by atoms with E-state index in [1.807, 2.05) is 13.8 Å². The van der Waals surface area contributed by atoms with E-state index < -0.39 is 6.10 Å². The highest BCUT2D eigenvalue weighted by atomic mass is 16.3. The first-order valence-corrected chi connectivity index (χ1v) is 4.64. The zero-order chi connectivity index (χ0) is 10.7. The monoisotopic (exact) mass is 196 g/mol. The molecule has 4 heteroatoms. The van der Waals surface area contributed by atoms with Gasteiger partial charge in [0.15, 0.2) is 0 Å². The number of pyridine rings is 1. The molecule has 1 aromatic heterocycles. The number of nitrogens with two attached hydrogens (primary N) is 1. The molecule has 0 aliphatic carbocycles. The summed E-state index contributed by atoms with van der Waals surface area (Å²) in [6.07, 6.45) is 2.76. The summed E-state index contributed by atoms with van der Waals surface area (Å²) < 4.78 is 1.72. The van der Waals surface area contributed by atoms with Crippen molar-refractivity contribution in [1.82, 2.24) is 4.57 Å². The van der Waals surface area contributed by atoms with Crippen molar-refractivity contribution < 1.29 is 5.11 Å². The largest absolute Gasteiger partial charge is 0.394 e. The zero-order valence-electron chi connectivity index (χ0n) is 8.47. The van der Waals surface area contributed by atoms with Crippen molar-refractivity contribution in [2.45, 2.75) is 26.5 Å². The number of rotatable bonds is 3. The molecule has 0 radical (unpaired) electrons. The van der Waals surface area contributed by atoms with E-state index in [4.69, 9.17) is 5.73 Å². The van der Waals surface area contributed by atoms with Crippen LogP contribution in [0.15, 0.2) is 23.3 Å². The molecule has 1 atom stereocenters. The summed E-state index contributed by atoms with van der Waals surface area (Å²) in [6, 6.07) is 1.41. The Balaban J connectivity index is 2.78. The van der Waals surface area contributed by atoms with Crippen molar-refractivity contribution in [2.24, 2.45) is 5.92 Å². The number of aliphatic hydroxyl groups excluding tert-OH is 1. The van der Waals surface area contributed by atoms with Gasteiger partial charge in [0, 0.05) is 25.0 Å². The highest BCUT2D eigenvalue weighted by Gasteiger charge is 2.09. The van der Waals surface area contributed by atoms with Gasteiger partial charge in [0.25, 0.3) is 0 Å². The van der Waals surface area contributed by atoms with Crippen LogP contribution in [0.5, 0.6) is 0 Å². The summed E-state index contributed by atoms with van der Waals surface area (Å²) in [5.74, 6) is 0.190. The Kier molecular flexibility index (Phi) is 3.30. The van der Waals surface area contributed by atoms with Crippen LogP contribution in [-0.4, -0.2) is 15.8 Å². The molecule has 4 nitrogen and oxygen atoms in total. The van der Waals surface area contributed by atoms with Crippen LogP contribution in [0.25, 0.3) is 0 Å². The van der Waals surface area contributed by atoms with Gasteiger partial charge in [-0.15, -0.1) is 0 Å². The third-order valence-electron chi connectivity index (χ3n) is 2.17. The summed E-state index contributed by atoms with van der Waals surface area (Å²) in [4.78, 5) is 11.0. The molecule has 78 valence electrons. The quantitative estimate of drug-likeness (QED) is 0.737. The third kappa shape index (κ3) is 2.60. The molecule has 0 bridgehead atoms. The fourth-order valence-electron chi connectivity index (χ4n) is 1.09. The average Bonchev–Trinajstić information content (AvgIpc) is 2.11. The second-order valence-corrected chi connectivity index (χ2v) is 3.77. The molecular weight excluding hydrogens is 180 g/mol. The van der Waals surface area contributed by atoms with Crippen molar-refractivity contribution >= 4 is 5.69 Å². The topological polar surface area (TPSA) is 68.2 Å². The number of hydrogen-bond donors (Lipinski definition) is 2. The highest BCUT2D eigenvalue weighted by molar-refractivity contribution is 5.33. The van der Waals surface area contributed by atoms with Gasteiger partial charge in [0.1, 0.15) is 0 Å². The molecule has 0 saturated carbocycles. The van der Waals surface area contributed by atoms with Crippen molar-refractivity contribution in [1.29, 1.82) is 0 Å². The van der Waals surface area contributed by atoms with Crippen LogP contribution in [0.4, 0.5) is 5.69 Å². The lowest BCUT2D eigenvalue weighted by Crippen LogP contribution is -2.23. The lowest BCUT2D eigenvalue weighted by molar-refractivity contribution is 0.107. The Morgan fingerprint density at radius 3 is 2.71 bits per heavy atom. The molecule has 0 spiro atoms. The summed E-state index contributed by atoms with van der Waals surface area (Å²) >= 11 is 0. The zero-order valence-corrected chi connectivity index (χ0v) is 8.47. The summed E-state index contributed by atoms with van der Waals surface area (Å²) in [5, 5.41) is 9.60. The number of nitrogen functional groups attached to an aromatic ring is 1. The van der Waals surface area contributed by atoms with Gasteiger partial charge < -0.3 is 15.4 Å². The molecule has 0 aliphatic heterocycles. The standard InChI is InChI=1S/C10H16N2O2/c1-7(2)10(14)6-12-4-3-9(13)8(11)5-12/h3-5,7,10,14H,6,11H2,1-2H3. The molecule has 0 saturated heterocycles. The maximum atomic E-state index is 11.0. The molecule has 0 amide bonds. The first kappa shape index (κ1) is 10.8. The van der Waals surface area contributed by atoms with Crippen LogP contribution in [0.2, 0.25) is 0 Å². The Bertz CT molecular complexity index is 357. The van der Waals surface area contributed by atoms with Crippen LogP contribution in [0.3, 0.4) is 0 Å². The Hall–Kier alpha value is -1.29. The van der Waals surface area contributed by atoms with E-state index in [0.717, 1.165) is 0 Å². The first-order chi connectivity index (χ1) is 6.50. The van der Waals surface area contributed by atoms with Crippen LogP contribution < -0.4 is 11.2 Å². The molecule has 0 fully saturated rings. The fourth-order valence-corrected chi connectivity index (χ4v) is 1.09. The van der Waals surface area contributed by atoms with Crippen LogP contribution in [-0.2, 0) is 6.54 Å². The van der Waals surface area contributed by atoms with Crippen molar-refractivity contribution in [2.75, 3.05) is 5.73 Å².